The highest BCUT2D eigenvalue weighted by atomic mass is 32.2. The van der Waals surface area contributed by atoms with Crippen LogP contribution in [0.4, 0.5) is 0 Å². The van der Waals surface area contributed by atoms with Crippen LogP contribution < -0.4 is 4.74 Å². The first-order valence-electron chi connectivity index (χ1n) is 8.96. The van der Waals surface area contributed by atoms with Crippen LogP contribution in [0.1, 0.15) is 30.5 Å². The third-order valence-electron chi connectivity index (χ3n) is 4.13. The van der Waals surface area contributed by atoms with Crippen molar-refractivity contribution in [2.24, 2.45) is 5.92 Å². The maximum absolute atomic E-state index is 12.5. The fourth-order valence-corrected chi connectivity index (χ4v) is 3.96. The van der Waals surface area contributed by atoms with Gasteiger partial charge in [-0.1, -0.05) is 79.8 Å². The number of carbonyl (C=O) groups excluding carboxylic acids is 1. The molecule has 27 heavy (non-hydrogen) atoms. The largest absolute Gasteiger partial charge is 0.489 e. The van der Waals surface area contributed by atoms with E-state index >= 15 is 0 Å². The minimum absolute atomic E-state index is 0.00148. The van der Waals surface area contributed by atoms with Crippen LogP contribution in [0.3, 0.4) is 0 Å². The molecule has 1 fully saturated rings. The van der Waals surface area contributed by atoms with Crippen molar-refractivity contribution in [3.63, 3.8) is 0 Å². The Morgan fingerprint density at radius 1 is 1.11 bits per heavy atom. The van der Waals surface area contributed by atoms with Crippen LogP contribution in [0.25, 0.3) is 6.08 Å². The van der Waals surface area contributed by atoms with Crippen LogP contribution in [0, 0.1) is 12.8 Å². The van der Waals surface area contributed by atoms with Gasteiger partial charge in [-0.3, -0.25) is 9.69 Å². The lowest BCUT2D eigenvalue weighted by molar-refractivity contribution is -0.122. The normalized spacial score (nSPS) is 15.9. The van der Waals surface area contributed by atoms with Crippen LogP contribution in [0.2, 0.25) is 0 Å². The summed E-state index contributed by atoms with van der Waals surface area (Å²) < 4.78 is 6.47. The standard InChI is InChI=1S/C22H23NO2S2/c1-15(2)13-23-21(24)20(27-22(23)26)12-17-8-10-19(11-9-17)25-14-18-6-4-16(3)5-7-18/h4-12,15H,13-14H2,1-3H3/b20-12-. The molecule has 5 heteroatoms. The quantitative estimate of drug-likeness (QED) is 0.480. The van der Waals surface area contributed by atoms with Crippen LogP contribution >= 0.6 is 24.0 Å². The van der Waals surface area contributed by atoms with Crippen molar-refractivity contribution in [1.29, 1.82) is 0 Å². The molecule has 0 aromatic heterocycles. The number of amides is 1. The van der Waals surface area contributed by atoms with Gasteiger partial charge in [-0.25, -0.2) is 0 Å². The third kappa shape index (κ3) is 5.21. The van der Waals surface area contributed by atoms with Crippen molar-refractivity contribution >= 4 is 40.3 Å². The summed E-state index contributed by atoms with van der Waals surface area (Å²) in [6, 6.07) is 16.1. The lowest BCUT2D eigenvalue weighted by Gasteiger charge is -2.16. The predicted molar refractivity (Wildman–Crippen MR) is 117 cm³/mol. The van der Waals surface area contributed by atoms with Crippen molar-refractivity contribution in [3.05, 3.63) is 70.1 Å². The molecule has 0 radical (unpaired) electrons. The molecule has 0 atom stereocenters. The first kappa shape index (κ1) is 19.6. The number of hydrogen-bond acceptors (Lipinski definition) is 4. The van der Waals surface area contributed by atoms with E-state index in [-0.39, 0.29) is 5.91 Å². The predicted octanol–water partition coefficient (Wildman–Crippen LogP) is 5.43. The summed E-state index contributed by atoms with van der Waals surface area (Å²) in [5.74, 6) is 1.19. The van der Waals surface area contributed by atoms with Gasteiger partial charge in [0.05, 0.1) is 4.91 Å². The Bertz CT molecular complexity index is 855. The molecule has 1 aliphatic heterocycles. The Balaban J connectivity index is 1.63. The molecule has 0 aliphatic carbocycles. The van der Waals surface area contributed by atoms with Crippen molar-refractivity contribution in [3.8, 4) is 5.75 Å². The number of hydrogen-bond donors (Lipinski definition) is 0. The fraction of sp³-hybridized carbons (Fsp3) is 0.273. The van der Waals surface area contributed by atoms with Gasteiger partial charge in [0.1, 0.15) is 16.7 Å². The summed E-state index contributed by atoms with van der Waals surface area (Å²) in [4.78, 5) is 14.9. The van der Waals surface area contributed by atoms with Crippen molar-refractivity contribution in [2.75, 3.05) is 6.54 Å². The molecule has 0 N–H and O–H groups in total. The summed E-state index contributed by atoms with van der Waals surface area (Å²) >= 11 is 6.72. The molecule has 2 aromatic carbocycles. The molecule has 0 saturated carbocycles. The van der Waals surface area contributed by atoms with E-state index in [4.69, 9.17) is 17.0 Å². The van der Waals surface area contributed by atoms with E-state index in [2.05, 4.69) is 45.0 Å². The first-order chi connectivity index (χ1) is 12.9. The Morgan fingerprint density at radius 2 is 1.78 bits per heavy atom. The van der Waals surface area contributed by atoms with E-state index in [1.807, 2.05) is 30.3 Å². The van der Waals surface area contributed by atoms with Crippen LogP contribution in [0.15, 0.2) is 53.4 Å². The van der Waals surface area contributed by atoms with Crippen LogP contribution in [-0.2, 0) is 11.4 Å². The molecule has 1 aliphatic rings. The van der Waals surface area contributed by atoms with E-state index in [0.29, 0.717) is 28.3 Å². The topological polar surface area (TPSA) is 29.5 Å². The lowest BCUT2D eigenvalue weighted by atomic mass is 10.1. The number of nitrogens with zero attached hydrogens (tertiary/aromatic N) is 1. The van der Waals surface area contributed by atoms with Gasteiger partial charge in [0.25, 0.3) is 5.91 Å². The Kier molecular flexibility index (Phi) is 6.34. The van der Waals surface area contributed by atoms with Crippen LogP contribution in [0.5, 0.6) is 5.75 Å². The van der Waals surface area contributed by atoms with E-state index < -0.39 is 0 Å². The zero-order valence-corrected chi connectivity index (χ0v) is 17.4. The van der Waals surface area contributed by atoms with Crippen molar-refractivity contribution in [2.45, 2.75) is 27.4 Å². The van der Waals surface area contributed by atoms with E-state index in [1.54, 1.807) is 4.90 Å². The minimum atomic E-state index is -0.00148. The second kappa shape index (κ2) is 8.72. The van der Waals surface area contributed by atoms with Gasteiger partial charge in [0.15, 0.2) is 0 Å². The molecular weight excluding hydrogens is 374 g/mol. The Labute approximate surface area is 170 Å². The molecule has 2 aromatic rings. The number of rotatable bonds is 6. The monoisotopic (exact) mass is 397 g/mol. The van der Waals surface area contributed by atoms with Crippen molar-refractivity contribution in [1.82, 2.24) is 4.90 Å². The highest BCUT2D eigenvalue weighted by Gasteiger charge is 2.32. The highest BCUT2D eigenvalue weighted by molar-refractivity contribution is 8.26. The average Bonchev–Trinajstić information content (AvgIpc) is 2.89. The number of thiocarbonyl (C=S) groups is 1. The number of aryl methyl sites for hydroxylation is 1. The van der Waals surface area contributed by atoms with Gasteiger partial charge < -0.3 is 4.74 Å². The molecule has 1 heterocycles. The summed E-state index contributed by atoms with van der Waals surface area (Å²) in [6.45, 7) is 7.43. The fourth-order valence-electron chi connectivity index (χ4n) is 2.69. The zero-order chi connectivity index (χ0) is 19.4. The maximum Gasteiger partial charge on any atom is 0.266 e. The average molecular weight is 398 g/mol. The molecule has 3 nitrogen and oxygen atoms in total. The summed E-state index contributed by atoms with van der Waals surface area (Å²) in [6.07, 6.45) is 1.89. The van der Waals surface area contributed by atoms with Gasteiger partial charge >= 0.3 is 0 Å². The van der Waals surface area contributed by atoms with Crippen LogP contribution in [-0.4, -0.2) is 21.7 Å². The maximum atomic E-state index is 12.5. The Morgan fingerprint density at radius 3 is 2.41 bits per heavy atom. The molecule has 1 saturated heterocycles. The second-order valence-corrected chi connectivity index (χ2v) is 8.71. The summed E-state index contributed by atoms with van der Waals surface area (Å²) in [5.41, 5.74) is 3.34. The smallest absolute Gasteiger partial charge is 0.266 e. The number of carbonyl (C=O) groups is 1. The lowest BCUT2D eigenvalue weighted by Crippen LogP contribution is -2.31. The van der Waals surface area contributed by atoms with E-state index in [1.165, 1.54) is 17.3 Å². The first-order valence-corrected chi connectivity index (χ1v) is 10.2. The molecule has 0 unspecified atom stereocenters. The van der Waals surface area contributed by atoms with Crippen molar-refractivity contribution < 1.29 is 9.53 Å². The molecule has 1 amide bonds. The number of ether oxygens (including phenoxy) is 1. The number of benzene rings is 2. The summed E-state index contributed by atoms with van der Waals surface area (Å²) in [7, 11) is 0. The molecule has 0 bridgehead atoms. The summed E-state index contributed by atoms with van der Waals surface area (Å²) in [5, 5.41) is 0. The van der Waals surface area contributed by atoms with Gasteiger partial charge in [-0.05, 0) is 42.2 Å². The van der Waals surface area contributed by atoms with Gasteiger partial charge in [-0.15, -0.1) is 0 Å². The highest BCUT2D eigenvalue weighted by Crippen LogP contribution is 2.33. The third-order valence-corrected chi connectivity index (χ3v) is 5.50. The van der Waals surface area contributed by atoms with E-state index in [9.17, 15) is 4.79 Å². The molecule has 3 rings (SSSR count). The molecular formula is C22H23NO2S2. The van der Waals surface area contributed by atoms with E-state index in [0.717, 1.165) is 16.9 Å². The minimum Gasteiger partial charge on any atom is -0.489 e. The van der Waals surface area contributed by atoms with Gasteiger partial charge in [0, 0.05) is 6.54 Å². The van der Waals surface area contributed by atoms with Gasteiger partial charge in [0.2, 0.25) is 0 Å². The number of thioether (sulfide) groups is 1. The second-order valence-electron chi connectivity index (χ2n) is 7.03. The van der Waals surface area contributed by atoms with Gasteiger partial charge in [-0.2, -0.15) is 0 Å². The molecule has 140 valence electrons. The Hall–Kier alpha value is -2.11. The molecule has 0 spiro atoms. The SMILES string of the molecule is Cc1ccc(COc2ccc(/C=C3\SC(=S)N(CC(C)C)C3=O)cc2)cc1. The zero-order valence-electron chi connectivity index (χ0n) is 15.8.